The summed E-state index contributed by atoms with van der Waals surface area (Å²) < 4.78 is 42.7. The fourth-order valence-corrected chi connectivity index (χ4v) is 1.57. The van der Waals surface area contributed by atoms with Crippen molar-refractivity contribution < 1.29 is 22.4 Å². The third-order valence-corrected chi connectivity index (χ3v) is 2.37. The molecule has 0 radical (unpaired) electrons. The maximum atomic E-state index is 12.6. The highest BCUT2D eigenvalue weighted by Gasteiger charge is 2.30. The Balaban J connectivity index is 2.51. The molecule has 0 bridgehead atoms. The number of aryl methyl sites for hydroxylation is 1. The van der Waals surface area contributed by atoms with Crippen LogP contribution in [0.2, 0.25) is 0 Å². The van der Waals surface area contributed by atoms with Crippen LogP contribution in [-0.4, -0.2) is 11.3 Å². The highest BCUT2D eigenvalue weighted by atomic mass is 19.4. The van der Waals surface area contributed by atoms with Gasteiger partial charge in [0.1, 0.15) is 0 Å². The average Bonchev–Trinajstić information content (AvgIpc) is 2.70. The minimum atomic E-state index is -4.42. The molecular formula is C12H8F3NO2. The molecule has 0 fully saturated rings. The quantitative estimate of drug-likeness (QED) is 0.771. The number of aldehydes is 1. The van der Waals surface area contributed by atoms with E-state index < -0.39 is 11.7 Å². The lowest BCUT2D eigenvalue weighted by molar-refractivity contribution is -0.137. The second kappa shape index (κ2) is 4.29. The first-order chi connectivity index (χ1) is 8.41. The molecule has 2 aromatic rings. The first kappa shape index (κ1) is 12.3. The summed E-state index contributed by atoms with van der Waals surface area (Å²) in [6.45, 7) is 1.56. The molecule has 0 spiro atoms. The number of aromatic nitrogens is 1. The highest BCUT2D eigenvalue weighted by molar-refractivity contribution is 5.70. The summed E-state index contributed by atoms with van der Waals surface area (Å²) in [4.78, 5) is 14.3. The Labute approximate surface area is 100 Å². The van der Waals surface area contributed by atoms with Crippen LogP contribution in [0, 0.1) is 6.92 Å². The molecule has 0 saturated heterocycles. The molecule has 3 nitrogen and oxygen atoms in total. The summed E-state index contributed by atoms with van der Waals surface area (Å²) in [6.07, 6.45) is -4.01. The van der Waals surface area contributed by atoms with Gasteiger partial charge in [-0.25, -0.2) is 4.98 Å². The molecule has 0 aliphatic carbocycles. The molecule has 1 heterocycles. The fraction of sp³-hybridized carbons (Fsp3) is 0.167. The highest BCUT2D eigenvalue weighted by Crippen LogP contribution is 2.33. The van der Waals surface area contributed by atoms with Gasteiger partial charge in [0.15, 0.2) is 5.76 Å². The minimum absolute atomic E-state index is 0.153. The van der Waals surface area contributed by atoms with Crippen LogP contribution in [0.5, 0.6) is 0 Å². The van der Waals surface area contributed by atoms with Gasteiger partial charge in [-0.1, -0.05) is 12.1 Å². The molecular weight excluding hydrogens is 247 g/mol. The molecule has 0 aliphatic heterocycles. The fourth-order valence-electron chi connectivity index (χ4n) is 1.57. The van der Waals surface area contributed by atoms with Gasteiger partial charge in [-0.2, -0.15) is 13.2 Å². The van der Waals surface area contributed by atoms with E-state index in [2.05, 4.69) is 4.98 Å². The van der Waals surface area contributed by atoms with Gasteiger partial charge >= 0.3 is 6.18 Å². The van der Waals surface area contributed by atoms with Gasteiger partial charge in [-0.05, 0) is 19.1 Å². The molecule has 18 heavy (non-hydrogen) atoms. The summed E-state index contributed by atoms with van der Waals surface area (Å²) in [5.41, 5.74) is -0.164. The Bertz CT molecular complexity index is 587. The number of benzene rings is 1. The molecule has 0 saturated carbocycles. The van der Waals surface area contributed by atoms with Gasteiger partial charge in [0.05, 0.1) is 11.3 Å². The Morgan fingerprint density at radius 2 is 2.06 bits per heavy atom. The largest absolute Gasteiger partial charge is 0.434 e. The van der Waals surface area contributed by atoms with Crippen molar-refractivity contribution in [1.29, 1.82) is 0 Å². The smallest absolute Gasteiger partial charge is 0.416 e. The zero-order chi connectivity index (χ0) is 13.3. The maximum absolute atomic E-state index is 12.6. The van der Waals surface area contributed by atoms with Crippen LogP contribution in [0.25, 0.3) is 11.3 Å². The zero-order valence-electron chi connectivity index (χ0n) is 9.28. The lowest BCUT2D eigenvalue weighted by Crippen LogP contribution is -2.04. The minimum Gasteiger partial charge on any atom is -0.434 e. The zero-order valence-corrected chi connectivity index (χ0v) is 9.28. The van der Waals surface area contributed by atoms with E-state index in [1.54, 1.807) is 6.92 Å². The number of carbonyl (C=O) groups is 1. The lowest BCUT2D eigenvalue weighted by atomic mass is 10.1. The maximum Gasteiger partial charge on any atom is 0.416 e. The molecule has 0 N–H and O–H groups in total. The second-order valence-electron chi connectivity index (χ2n) is 3.66. The van der Waals surface area contributed by atoms with Crippen LogP contribution in [0.3, 0.4) is 0 Å². The van der Waals surface area contributed by atoms with Crippen molar-refractivity contribution in [1.82, 2.24) is 4.98 Å². The van der Waals surface area contributed by atoms with Gasteiger partial charge in [0, 0.05) is 5.56 Å². The average molecular weight is 255 g/mol. The number of halogens is 3. The molecule has 1 aromatic heterocycles. The molecule has 1 aromatic carbocycles. The van der Waals surface area contributed by atoms with Gasteiger partial charge in [-0.15, -0.1) is 0 Å². The Morgan fingerprint density at radius 1 is 1.33 bits per heavy atom. The van der Waals surface area contributed by atoms with Crippen molar-refractivity contribution in [2.24, 2.45) is 0 Å². The number of hydrogen-bond acceptors (Lipinski definition) is 3. The lowest BCUT2D eigenvalue weighted by Gasteiger charge is -2.07. The summed E-state index contributed by atoms with van der Waals surface area (Å²) in [5, 5.41) is 0. The van der Waals surface area contributed by atoms with E-state index >= 15 is 0 Å². The molecule has 0 unspecified atom stereocenters. The van der Waals surface area contributed by atoms with Crippen molar-refractivity contribution in [2.75, 3.05) is 0 Å². The monoisotopic (exact) mass is 255 g/mol. The Morgan fingerprint density at radius 3 is 2.61 bits per heavy atom. The van der Waals surface area contributed by atoms with Gasteiger partial charge < -0.3 is 4.42 Å². The molecule has 2 rings (SSSR count). The van der Waals surface area contributed by atoms with Gasteiger partial charge in [-0.3, -0.25) is 4.79 Å². The summed E-state index contributed by atoms with van der Waals surface area (Å²) in [5.74, 6) is 0.0168. The number of nitrogens with zero attached hydrogens (tertiary/aromatic N) is 1. The molecule has 0 aliphatic rings. The molecule has 94 valence electrons. The summed E-state index contributed by atoms with van der Waals surface area (Å²) in [6, 6.07) is 4.68. The van der Waals surface area contributed by atoms with Crippen LogP contribution in [-0.2, 0) is 6.18 Å². The number of oxazole rings is 1. The van der Waals surface area contributed by atoms with E-state index in [0.717, 1.165) is 12.1 Å². The standard InChI is InChI=1S/C12H8F3NO2/c1-7-11(18-10(6-17)16-7)8-3-2-4-9(5-8)12(13,14)15/h2-6H,1H3. The van der Waals surface area contributed by atoms with E-state index in [-0.39, 0.29) is 17.2 Å². The predicted molar refractivity (Wildman–Crippen MR) is 57.1 cm³/mol. The van der Waals surface area contributed by atoms with E-state index in [0.29, 0.717) is 12.0 Å². The van der Waals surface area contributed by atoms with E-state index in [9.17, 15) is 18.0 Å². The van der Waals surface area contributed by atoms with Crippen LogP contribution in [0.4, 0.5) is 13.2 Å². The van der Waals surface area contributed by atoms with Crippen LogP contribution in [0.1, 0.15) is 21.9 Å². The van der Waals surface area contributed by atoms with Crippen molar-refractivity contribution in [3.05, 3.63) is 41.4 Å². The van der Waals surface area contributed by atoms with Crippen molar-refractivity contribution in [3.8, 4) is 11.3 Å². The van der Waals surface area contributed by atoms with Crippen molar-refractivity contribution in [2.45, 2.75) is 13.1 Å². The van der Waals surface area contributed by atoms with Gasteiger partial charge in [0.25, 0.3) is 5.89 Å². The SMILES string of the molecule is Cc1nc(C=O)oc1-c1cccc(C(F)(F)F)c1. The molecule has 0 amide bonds. The first-order valence-electron chi connectivity index (χ1n) is 5.02. The topological polar surface area (TPSA) is 43.1 Å². The molecule has 0 atom stereocenters. The second-order valence-corrected chi connectivity index (χ2v) is 3.66. The Kier molecular flexibility index (Phi) is 2.94. The Hall–Kier alpha value is -2.11. The van der Waals surface area contributed by atoms with Crippen LogP contribution < -0.4 is 0 Å². The number of hydrogen-bond donors (Lipinski definition) is 0. The predicted octanol–water partition coefficient (Wildman–Crippen LogP) is 3.48. The first-order valence-corrected chi connectivity index (χ1v) is 5.02. The van der Waals surface area contributed by atoms with E-state index in [1.807, 2.05) is 0 Å². The van der Waals surface area contributed by atoms with Crippen LogP contribution >= 0.6 is 0 Å². The number of carbonyl (C=O) groups excluding carboxylic acids is 1. The van der Waals surface area contributed by atoms with Gasteiger partial charge in [0.2, 0.25) is 6.29 Å². The summed E-state index contributed by atoms with van der Waals surface area (Å²) >= 11 is 0. The van der Waals surface area contributed by atoms with Crippen LogP contribution in [0.15, 0.2) is 28.7 Å². The van der Waals surface area contributed by atoms with E-state index in [1.165, 1.54) is 12.1 Å². The third kappa shape index (κ3) is 2.27. The number of rotatable bonds is 2. The van der Waals surface area contributed by atoms with E-state index in [4.69, 9.17) is 4.42 Å². The van der Waals surface area contributed by atoms with Crippen molar-refractivity contribution >= 4 is 6.29 Å². The van der Waals surface area contributed by atoms with Crippen molar-refractivity contribution in [3.63, 3.8) is 0 Å². The molecule has 6 heteroatoms. The summed E-state index contributed by atoms with van der Waals surface area (Å²) in [7, 11) is 0. The normalized spacial score (nSPS) is 11.6. The third-order valence-electron chi connectivity index (χ3n) is 2.37. The number of alkyl halides is 3.